The molecule has 0 radical (unpaired) electrons. The van der Waals surface area contributed by atoms with Gasteiger partial charge < -0.3 is 4.74 Å². The largest absolute Gasteiger partial charge is 0.492 e. The zero-order valence-electron chi connectivity index (χ0n) is 18.5. The van der Waals surface area contributed by atoms with E-state index in [0.717, 1.165) is 18.6 Å². The molecule has 0 aromatic carbocycles. The number of hydrogen-bond donors (Lipinski definition) is 0. The van der Waals surface area contributed by atoms with E-state index in [9.17, 15) is 0 Å². The predicted molar refractivity (Wildman–Crippen MR) is 114 cm³/mol. The van der Waals surface area contributed by atoms with Crippen LogP contribution < -0.4 is 0 Å². The summed E-state index contributed by atoms with van der Waals surface area (Å²) in [5.41, 5.74) is 2.23. The predicted octanol–water partition coefficient (Wildman–Crippen LogP) is 7.84. The molecule has 0 aromatic heterocycles. The molecular formula is C25H42O. The van der Waals surface area contributed by atoms with Gasteiger partial charge in [-0.2, -0.15) is 0 Å². The summed E-state index contributed by atoms with van der Waals surface area (Å²) >= 11 is 0. The Morgan fingerprint density at radius 2 is 1.81 bits per heavy atom. The normalized spacial score (nSPS) is 24.3. The van der Waals surface area contributed by atoms with Crippen LogP contribution in [0.3, 0.4) is 0 Å². The molecule has 1 nitrogen and oxygen atoms in total. The smallest absolute Gasteiger partial charge is 0.108 e. The van der Waals surface area contributed by atoms with Crippen LogP contribution in [0.4, 0.5) is 0 Å². The van der Waals surface area contributed by atoms with Crippen molar-refractivity contribution in [3.8, 4) is 0 Å². The van der Waals surface area contributed by atoms with Crippen molar-refractivity contribution in [2.45, 2.75) is 99.0 Å². The Balaban J connectivity index is 2.10. The molecule has 0 bridgehead atoms. The Bertz CT molecular complexity index is 544. The highest BCUT2D eigenvalue weighted by Crippen LogP contribution is 2.45. The van der Waals surface area contributed by atoms with Gasteiger partial charge in [-0.05, 0) is 61.7 Å². The van der Waals surface area contributed by atoms with Crippen molar-refractivity contribution in [1.29, 1.82) is 0 Å². The molecule has 2 aliphatic carbocycles. The molecule has 2 aliphatic rings. The van der Waals surface area contributed by atoms with Crippen molar-refractivity contribution in [3.63, 3.8) is 0 Å². The van der Waals surface area contributed by atoms with E-state index in [1.165, 1.54) is 32.1 Å². The molecule has 26 heavy (non-hydrogen) atoms. The van der Waals surface area contributed by atoms with Crippen molar-refractivity contribution >= 4 is 0 Å². The van der Waals surface area contributed by atoms with Gasteiger partial charge in [0.2, 0.25) is 0 Å². The first-order valence-corrected chi connectivity index (χ1v) is 10.7. The fourth-order valence-electron chi connectivity index (χ4n) is 4.69. The Morgan fingerprint density at radius 1 is 1.19 bits per heavy atom. The first-order chi connectivity index (χ1) is 12.0. The van der Waals surface area contributed by atoms with Crippen LogP contribution in [0.1, 0.15) is 93.4 Å². The lowest BCUT2D eigenvalue weighted by Crippen LogP contribution is -2.31. The Hall–Kier alpha value is -0.980. The molecule has 1 heteroatoms. The van der Waals surface area contributed by atoms with Gasteiger partial charge in [-0.3, -0.25) is 0 Å². The zero-order valence-corrected chi connectivity index (χ0v) is 18.5. The first kappa shape index (κ1) is 21.3. The van der Waals surface area contributed by atoms with Crippen LogP contribution in [0.15, 0.2) is 36.1 Å². The third-order valence-electron chi connectivity index (χ3n) is 6.34. The van der Waals surface area contributed by atoms with Gasteiger partial charge in [-0.1, -0.05) is 78.8 Å². The maximum Gasteiger partial charge on any atom is 0.108 e. The minimum absolute atomic E-state index is 0.0566. The lowest BCUT2D eigenvalue weighted by molar-refractivity contribution is -0.00604. The van der Waals surface area contributed by atoms with E-state index in [2.05, 4.69) is 73.3 Å². The van der Waals surface area contributed by atoms with E-state index in [0.29, 0.717) is 17.3 Å². The molecule has 0 aromatic rings. The van der Waals surface area contributed by atoms with Crippen LogP contribution >= 0.6 is 0 Å². The second kappa shape index (κ2) is 7.95. The lowest BCUT2D eigenvalue weighted by Gasteiger charge is -2.40. The number of ether oxygens (including phenoxy) is 1. The number of allylic oxidation sites excluding steroid dienone is 4. The topological polar surface area (TPSA) is 9.23 Å². The number of rotatable bonds is 6. The molecular weight excluding hydrogens is 316 g/mol. The molecule has 1 fully saturated rings. The van der Waals surface area contributed by atoms with Gasteiger partial charge in [-0.25, -0.2) is 0 Å². The first-order valence-electron chi connectivity index (χ1n) is 10.7. The summed E-state index contributed by atoms with van der Waals surface area (Å²) in [5.74, 6) is 1.90. The van der Waals surface area contributed by atoms with E-state index < -0.39 is 0 Å². The Labute approximate surface area is 163 Å². The van der Waals surface area contributed by atoms with Gasteiger partial charge in [0.25, 0.3) is 0 Å². The molecule has 0 heterocycles. The monoisotopic (exact) mass is 358 g/mol. The average molecular weight is 359 g/mol. The van der Waals surface area contributed by atoms with Gasteiger partial charge in [-0.15, -0.1) is 0 Å². The van der Waals surface area contributed by atoms with E-state index in [-0.39, 0.29) is 11.0 Å². The fraction of sp³-hybridized carbons (Fsp3) is 0.760. The molecule has 148 valence electrons. The van der Waals surface area contributed by atoms with Crippen LogP contribution in [0.2, 0.25) is 0 Å². The summed E-state index contributed by atoms with van der Waals surface area (Å²) < 4.78 is 6.53. The molecule has 1 saturated carbocycles. The summed E-state index contributed by atoms with van der Waals surface area (Å²) in [6.07, 6.45) is 15.2. The average Bonchev–Trinajstić information content (AvgIpc) is 3.00. The summed E-state index contributed by atoms with van der Waals surface area (Å²) in [6, 6.07) is 0. The van der Waals surface area contributed by atoms with Crippen LogP contribution in [0.25, 0.3) is 0 Å². The molecule has 0 amide bonds. The van der Waals surface area contributed by atoms with Crippen LogP contribution in [-0.4, -0.2) is 5.60 Å². The molecule has 0 spiro atoms. The molecule has 2 unspecified atom stereocenters. The van der Waals surface area contributed by atoms with Gasteiger partial charge in [0.1, 0.15) is 5.60 Å². The molecule has 0 aliphatic heterocycles. The van der Waals surface area contributed by atoms with Gasteiger partial charge in [0.05, 0.1) is 5.76 Å². The zero-order chi connectivity index (χ0) is 19.6. The summed E-state index contributed by atoms with van der Waals surface area (Å²) in [7, 11) is 0. The van der Waals surface area contributed by atoms with E-state index >= 15 is 0 Å². The third-order valence-corrected chi connectivity index (χ3v) is 6.34. The summed E-state index contributed by atoms with van der Waals surface area (Å²) in [6.45, 7) is 20.8. The molecule has 2 rings (SSSR count). The van der Waals surface area contributed by atoms with Crippen LogP contribution in [0.5, 0.6) is 0 Å². The van der Waals surface area contributed by atoms with Gasteiger partial charge in [0, 0.05) is 5.92 Å². The highest BCUT2D eigenvalue weighted by atomic mass is 16.5. The quantitative estimate of drug-likeness (QED) is 0.439. The van der Waals surface area contributed by atoms with Gasteiger partial charge >= 0.3 is 0 Å². The van der Waals surface area contributed by atoms with Crippen molar-refractivity contribution in [2.24, 2.45) is 22.7 Å². The summed E-state index contributed by atoms with van der Waals surface area (Å²) in [4.78, 5) is 0. The Morgan fingerprint density at radius 3 is 2.31 bits per heavy atom. The molecule has 2 atom stereocenters. The standard InChI is InChI=1S/C25H42O/c1-9-25(15-10-11-16-25)26-19(2)20-13-12-14-21(17-20)22(24(6,7)8)18-23(3,4)5/h12-14,20,22H,2,9-11,15-18H2,1,3-8H3. The SMILES string of the molecule is C=C(OC1(CC)CCCC1)C1C=CC=C(C(CC(C)(C)C)C(C)(C)C)C1. The fourth-order valence-corrected chi connectivity index (χ4v) is 4.69. The summed E-state index contributed by atoms with van der Waals surface area (Å²) in [5, 5.41) is 0. The van der Waals surface area contributed by atoms with Crippen molar-refractivity contribution < 1.29 is 4.74 Å². The van der Waals surface area contributed by atoms with Crippen molar-refractivity contribution in [3.05, 3.63) is 36.1 Å². The van der Waals surface area contributed by atoms with E-state index in [1.807, 2.05) is 0 Å². The van der Waals surface area contributed by atoms with E-state index in [1.54, 1.807) is 5.57 Å². The van der Waals surface area contributed by atoms with Crippen molar-refractivity contribution in [2.75, 3.05) is 0 Å². The second-order valence-corrected chi connectivity index (χ2v) is 10.9. The van der Waals surface area contributed by atoms with Crippen molar-refractivity contribution in [1.82, 2.24) is 0 Å². The van der Waals surface area contributed by atoms with Crippen LogP contribution in [0, 0.1) is 22.7 Å². The molecule has 0 saturated heterocycles. The Kier molecular flexibility index (Phi) is 6.52. The minimum Gasteiger partial charge on any atom is -0.492 e. The highest BCUT2D eigenvalue weighted by molar-refractivity contribution is 5.27. The second-order valence-electron chi connectivity index (χ2n) is 10.9. The number of hydrogen-bond acceptors (Lipinski definition) is 1. The molecule has 0 N–H and O–H groups in total. The maximum absolute atomic E-state index is 6.53. The van der Waals surface area contributed by atoms with E-state index in [4.69, 9.17) is 4.74 Å². The third kappa shape index (κ3) is 5.51. The minimum atomic E-state index is 0.0566. The lowest BCUT2D eigenvalue weighted by atomic mass is 9.66. The van der Waals surface area contributed by atoms with Crippen LogP contribution in [-0.2, 0) is 4.74 Å². The highest BCUT2D eigenvalue weighted by Gasteiger charge is 2.37. The maximum atomic E-state index is 6.53. The van der Waals surface area contributed by atoms with Gasteiger partial charge in [0.15, 0.2) is 0 Å².